The molecule has 1 rings (SSSR count). The van der Waals surface area contributed by atoms with E-state index in [1.54, 1.807) is 11.3 Å². The van der Waals surface area contributed by atoms with Crippen molar-refractivity contribution < 1.29 is 13.2 Å². The second-order valence-corrected chi connectivity index (χ2v) is 8.60. The molecule has 0 radical (unpaired) electrons. The fraction of sp³-hybridized carbons (Fsp3) is 0.667. The maximum Gasteiger partial charge on any atom is 0.191 e. The topological polar surface area (TPSA) is 79.8 Å². The summed E-state index contributed by atoms with van der Waals surface area (Å²) in [5.74, 6) is 0.796. The minimum atomic E-state index is -2.96. The Morgan fingerprint density at radius 2 is 1.92 bits per heavy atom. The van der Waals surface area contributed by atoms with E-state index in [-0.39, 0.29) is 36.3 Å². The molecule has 24 heavy (non-hydrogen) atoms. The van der Waals surface area contributed by atoms with Gasteiger partial charge in [0, 0.05) is 29.1 Å². The van der Waals surface area contributed by atoms with Gasteiger partial charge in [-0.2, -0.15) is 0 Å². The van der Waals surface area contributed by atoms with Crippen LogP contribution in [0.1, 0.15) is 23.6 Å². The number of hydrogen-bond donors (Lipinski definition) is 2. The standard InChI is InChI=1S/C15H27N3O3S2.HI/c1-4-13-6-7-14(22-13)12-18-15(16-5-2)17-8-9-21-10-11-23(3,19)20;/h6-7H,4-5,8-12H2,1-3H3,(H2,16,17,18);1H. The fourth-order valence-corrected chi connectivity index (χ4v) is 3.05. The second-order valence-electron chi connectivity index (χ2n) is 5.09. The van der Waals surface area contributed by atoms with Crippen molar-refractivity contribution in [2.45, 2.75) is 26.8 Å². The maximum atomic E-state index is 11.0. The summed E-state index contributed by atoms with van der Waals surface area (Å²) in [6.45, 7) is 6.84. The second kappa shape index (κ2) is 12.9. The van der Waals surface area contributed by atoms with Gasteiger partial charge < -0.3 is 15.4 Å². The average molecular weight is 489 g/mol. The average Bonchev–Trinajstić information content (AvgIpc) is 2.95. The van der Waals surface area contributed by atoms with Gasteiger partial charge in [0.1, 0.15) is 9.84 Å². The molecule has 6 nitrogen and oxygen atoms in total. The van der Waals surface area contributed by atoms with Crippen molar-refractivity contribution in [2.75, 3.05) is 38.3 Å². The molecule has 0 aromatic carbocycles. The van der Waals surface area contributed by atoms with Crippen LogP contribution in [0.3, 0.4) is 0 Å². The Morgan fingerprint density at radius 1 is 1.21 bits per heavy atom. The lowest BCUT2D eigenvalue weighted by Crippen LogP contribution is -2.39. The highest BCUT2D eigenvalue weighted by atomic mass is 127. The first-order chi connectivity index (χ1) is 10.9. The maximum absolute atomic E-state index is 11.0. The molecule has 0 atom stereocenters. The minimum absolute atomic E-state index is 0. The number of aliphatic imine (C=N–C) groups is 1. The van der Waals surface area contributed by atoms with Gasteiger partial charge in [0.2, 0.25) is 0 Å². The van der Waals surface area contributed by atoms with Crippen LogP contribution < -0.4 is 10.6 Å². The van der Waals surface area contributed by atoms with E-state index in [1.807, 2.05) is 6.92 Å². The van der Waals surface area contributed by atoms with Gasteiger partial charge >= 0.3 is 0 Å². The number of nitrogens with one attached hydrogen (secondary N) is 2. The number of rotatable bonds is 10. The molecular weight excluding hydrogens is 461 g/mol. The predicted molar refractivity (Wildman–Crippen MR) is 112 cm³/mol. The van der Waals surface area contributed by atoms with E-state index < -0.39 is 9.84 Å². The molecule has 2 N–H and O–H groups in total. The monoisotopic (exact) mass is 489 g/mol. The van der Waals surface area contributed by atoms with Gasteiger partial charge in [-0.25, -0.2) is 13.4 Å². The van der Waals surface area contributed by atoms with Gasteiger partial charge in [-0.05, 0) is 25.5 Å². The molecule has 0 saturated carbocycles. The van der Waals surface area contributed by atoms with Crippen LogP contribution in [-0.2, 0) is 27.5 Å². The predicted octanol–water partition coefficient (Wildman–Crippen LogP) is 2.04. The van der Waals surface area contributed by atoms with Crippen LogP contribution >= 0.6 is 35.3 Å². The van der Waals surface area contributed by atoms with Gasteiger partial charge in [-0.1, -0.05) is 6.92 Å². The van der Waals surface area contributed by atoms with E-state index >= 15 is 0 Å². The first-order valence-corrected chi connectivity index (χ1v) is 10.7. The Balaban J connectivity index is 0.00000529. The van der Waals surface area contributed by atoms with E-state index in [4.69, 9.17) is 4.74 Å². The number of hydrogen-bond acceptors (Lipinski definition) is 5. The van der Waals surface area contributed by atoms with Gasteiger partial charge in [0.05, 0.1) is 25.5 Å². The van der Waals surface area contributed by atoms with Gasteiger partial charge in [-0.3, -0.25) is 0 Å². The number of sulfone groups is 1. The first-order valence-electron chi connectivity index (χ1n) is 7.79. The fourth-order valence-electron chi connectivity index (χ4n) is 1.75. The highest BCUT2D eigenvalue weighted by Gasteiger charge is 2.02. The Labute approximate surface area is 166 Å². The zero-order chi connectivity index (χ0) is 17.1. The van der Waals surface area contributed by atoms with Gasteiger partial charge in [-0.15, -0.1) is 35.3 Å². The lowest BCUT2D eigenvalue weighted by molar-refractivity contribution is 0.154. The quantitative estimate of drug-likeness (QED) is 0.228. The highest BCUT2D eigenvalue weighted by Crippen LogP contribution is 2.17. The third kappa shape index (κ3) is 11.2. The van der Waals surface area contributed by atoms with Crippen LogP contribution in [0, 0.1) is 0 Å². The molecule has 0 saturated heterocycles. The van der Waals surface area contributed by atoms with E-state index in [2.05, 4.69) is 34.7 Å². The van der Waals surface area contributed by atoms with Crippen LogP contribution in [0.2, 0.25) is 0 Å². The SMILES string of the molecule is CCNC(=NCc1ccc(CC)s1)NCCOCCS(C)(=O)=O.I. The number of aryl methyl sites for hydroxylation is 1. The van der Waals surface area contributed by atoms with E-state index in [9.17, 15) is 8.42 Å². The minimum Gasteiger partial charge on any atom is -0.379 e. The summed E-state index contributed by atoms with van der Waals surface area (Å²) in [6.07, 6.45) is 2.26. The molecule has 0 bridgehead atoms. The van der Waals surface area contributed by atoms with Crippen LogP contribution in [0.5, 0.6) is 0 Å². The number of guanidine groups is 1. The Bertz CT molecular complexity index is 589. The zero-order valence-corrected chi connectivity index (χ0v) is 18.5. The molecular formula is C15H28IN3O3S2. The molecule has 1 heterocycles. The van der Waals surface area contributed by atoms with Crippen molar-refractivity contribution >= 4 is 51.1 Å². The zero-order valence-electron chi connectivity index (χ0n) is 14.5. The normalized spacial score (nSPS) is 11.9. The van der Waals surface area contributed by atoms with Gasteiger partial charge in [0.15, 0.2) is 5.96 Å². The smallest absolute Gasteiger partial charge is 0.191 e. The van der Waals surface area contributed by atoms with Crippen LogP contribution in [-0.4, -0.2) is 52.7 Å². The third-order valence-corrected chi connectivity index (χ3v) is 5.06. The lowest BCUT2D eigenvalue weighted by Gasteiger charge is -2.11. The van der Waals surface area contributed by atoms with E-state index in [0.29, 0.717) is 19.7 Å². The number of nitrogens with zero attached hydrogens (tertiary/aromatic N) is 1. The summed E-state index contributed by atoms with van der Waals surface area (Å²) in [5, 5.41) is 6.36. The highest BCUT2D eigenvalue weighted by molar-refractivity contribution is 14.0. The Hall–Kier alpha value is -0.390. The van der Waals surface area contributed by atoms with Crippen LogP contribution in [0.25, 0.3) is 0 Å². The molecule has 0 aliphatic heterocycles. The van der Waals surface area contributed by atoms with Crippen molar-refractivity contribution in [1.82, 2.24) is 10.6 Å². The molecule has 0 aliphatic carbocycles. The van der Waals surface area contributed by atoms with Crippen LogP contribution in [0.4, 0.5) is 0 Å². The Morgan fingerprint density at radius 3 is 2.50 bits per heavy atom. The summed E-state index contributed by atoms with van der Waals surface area (Å²) in [7, 11) is -2.96. The lowest BCUT2D eigenvalue weighted by atomic mass is 10.4. The number of halogens is 1. The molecule has 0 fully saturated rings. The van der Waals surface area contributed by atoms with Crippen molar-refractivity contribution in [3.63, 3.8) is 0 Å². The molecule has 140 valence electrons. The summed E-state index contributed by atoms with van der Waals surface area (Å²) < 4.78 is 27.3. The van der Waals surface area contributed by atoms with Crippen molar-refractivity contribution in [3.8, 4) is 0 Å². The van der Waals surface area contributed by atoms with Crippen molar-refractivity contribution in [3.05, 3.63) is 21.9 Å². The van der Waals surface area contributed by atoms with Crippen LogP contribution in [0.15, 0.2) is 17.1 Å². The van der Waals surface area contributed by atoms with Crippen molar-refractivity contribution in [1.29, 1.82) is 0 Å². The molecule has 0 amide bonds. The number of thiophene rings is 1. The summed E-state index contributed by atoms with van der Waals surface area (Å²) in [6, 6.07) is 4.26. The molecule has 1 aromatic heterocycles. The largest absolute Gasteiger partial charge is 0.379 e. The molecule has 0 aliphatic rings. The number of ether oxygens (including phenoxy) is 1. The molecule has 0 unspecified atom stereocenters. The van der Waals surface area contributed by atoms with E-state index in [1.165, 1.54) is 16.0 Å². The van der Waals surface area contributed by atoms with Gasteiger partial charge in [0.25, 0.3) is 0 Å². The molecule has 1 aromatic rings. The molecule has 0 spiro atoms. The Kier molecular flexibility index (Phi) is 12.7. The summed E-state index contributed by atoms with van der Waals surface area (Å²) >= 11 is 1.79. The molecule has 9 heteroatoms. The van der Waals surface area contributed by atoms with E-state index in [0.717, 1.165) is 18.9 Å². The summed E-state index contributed by atoms with van der Waals surface area (Å²) in [4.78, 5) is 7.15. The first kappa shape index (κ1) is 23.6. The van der Waals surface area contributed by atoms with Crippen molar-refractivity contribution in [2.24, 2.45) is 4.99 Å². The third-order valence-electron chi connectivity index (χ3n) is 2.94. The summed E-state index contributed by atoms with van der Waals surface area (Å²) in [5.41, 5.74) is 0.